The van der Waals surface area contributed by atoms with Crippen molar-refractivity contribution in [2.45, 2.75) is 6.61 Å². The maximum Gasteiger partial charge on any atom is 0.387 e. The number of anilines is 1. The van der Waals surface area contributed by atoms with Crippen LogP contribution in [0.15, 0.2) is 36.5 Å². The summed E-state index contributed by atoms with van der Waals surface area (Å²) in [4.78, 5) is 11.8. The molecule has 1 aromatic heterocycles. The van der Waals surface area contributed by atoms with Crippen LogP contribution in [0.1, 0.15) is 5.56 Å². The number of para-hydroxylation sites is 1. The van der Waals surface area contributed by atoms with Crippen LogP contribution in [0.4, 0.5) is 14.6 Å². The Hall–Kier alpha value is -2.90. The van der Waals surface area contributed by atoms with Crippen LogP contribution < -0.4 is 14.8 Å². The first-order valence-electron chi connectivity index (χ1n) is 6.60. The molecule has 0 spiro atoms. The molecule has 0 atom stereocenters. The Kier molecular flexibility index (Phi) is 5.29. The Morgan fingerprint density at radius 3 is 2.78 bits per heavy atom. The van der Waals surface area contributed by atoms with Crippen molar-refractivity contribution in [2.75, 3.05) is 12.4 Å². The van der Waals surface area contributed by atoms with Gasteiger partial charge in [0.15, 0.2) is 17.3 Å². The highest BCUT2D eigenvalue weighted by Crippen LogP contribution is 2.33. The van der Waals surface area contributed by atoms with Crippen LogP contribution >= 0.6 is 0 Å². The van der Waals surface area contributed by atoms with E-state index in [0.29, 0.717) is 11.4 Å². The first-order valence-corrected chi connectivity index (χ1v) is 6.60. The molecule has 1 aromatic carbocycles. The van der Waals surface area contributed by atoms with E-state index in [9.17, 15) is 13.6 Å². The minimum atomic E-state index is -3.00. The van der Waals surface area contributed by atoms with E-state index in [2.05, 4.69) is 15.2 Å². The van der Waals surface area contributed by atoms with Crippen LogP contribution in [0, 0.1) is 0 Å². The molecule has 0 saturated carbocycles. The number of alkyl halides is 2. The van der Waals surface area contributed by atoms with Gasteiger partial charge in [0.05, 0.1) is 7.11 Å². The molecule has 0 fully saturated rings. The van der Waals surface area contributed by atoms with Gasteiger partial charge in [-0.15, -0.1) is 0 Å². The number of halogens is 2. The van der Waals surface area contributed by atoms with Gasteiger partial charge in [-0.1, -0.05) is 12.1 Å². The minimum Gasteiger partial charge on any atom is -0.493 e. The predicted molar refractivity (Wildman–Crippen MR) is 80.5 cm³/mol. The third-order valence-corrected chi connectivity index (χ3v) is 2.82. The van der Waals surface area contributed by atoms with Crippen LogP contribution in [-0.2, 0) is 11.8 Å². The van der Waals surface area contributed by atoms with Gasteiger partial charge in [-0.05, 0) is 12.1 Å². The fraction of sp³-hybridized carbons (Fsp3) is 0.200. The van der Waals surface area contributed by atoms with Crippen molar-refractivity contribution < 1.29 is 23.0 Å². The average molecular weight is 323 g/mol. The molecule has 1 N–H and O–H groups in total. The number of amides is 1. The molecule has 0 aliphatic rings. The molecule has 0 aliphatic carbocycles. The Balaban J connectivity index is 2.16. The van der Waals surface area contributed by atoms with Gasteiger partial charge in [-0.2, -0.15) is 13.9 Å². The predicted octanol–water partition coefficient (Wildman–Crippen LogP) is 2.68. The largest absolute Gasteiger partial charge is 0.493 e. The third-order valence-electron chi connectivity index (χ3n) is 2.82. The van der Waals surface area contributed by atoms with Crippen molar-refractivity contribution >= 4 is 17.8 Å². The average Bonchev–Trinajstić information content (AvgIpc) is 2.90. The molecule has 2 rings (SSSR count). The highest BCUT2D eigenvalue weighted by molar-refractivity contribution is 6.01. The normalized spacial score (nSPS) is 11.0. The van der Waals surface area contributed by atoms with Gasteiger partial charge >= 0.3 is 6.61 Å². The van der Waals surface area contributed by atoms with E-state index in [1.54, 1.807) is 25.4 Å². The molecule has 1 heterocycles. The van der Waals surface area contributed by atoms with E-state index >= 15 is 0 Å². The molecule has 0 radical (unpaired) electrons. The lowest BCUT2D eigenvalue weighted by molar-refractivity contribution is -0.111. The van der Waals surface area contributed by atoms with E-state index < -0.39 is 12.5 Å². The lowest BCUT2D eigenvalue weighted by atomic mass is 10.1. The summed E-state index contributed by atoms with van der Waals surface area (Å²) in [7, 11) is 3.06. The second-order valence-electron chi connectivity index (χ2n) is 4.45. The fourth-order valence-electron chi connectivity index (χ4n) is 1.86. The van der Waals surface area contributed by atoms with Crippen molar-refractivity contribution in [3.63, 3.8) is 0 Å². The number of benzene rings is 1. The van der Waals surface area contributed by atoms with Crippen LogP contribution in [0.5, 0.6) is 11.5 Å². The second-order valence-corrected chi connectivity index (χ2v) is 4.45. The number of nitrogens with zero attached hydrogens (tertiary/aromatic N) is 2. The number of hydrogen-bond donors (Lipinski definition) is 1. The van der Waals surface area contributed by atoms with Crippen molar-refractivity contribution in [3.8, 4) is 11.5 Å². The van der Waals surface area contributed by atoms with Crippen LogP contribution in [0.25, 0.3) is 6.08 Å². The lowest BCUT2D eigenvalue weighted by Crippen LogP contribution is -2.09. The van der Waals surface area contributed by atoms with Crippen LogP contribution in [0.3, 0.4) is 0 Å². The van der Waals surface area contributed by atoms with Gasteiger partial charge in [0.2, 0.25) is 5.91 Å². The molecule has 0 unspecified atom stereocenters. The maximum atomic E-state index is 12.5. The molecule has 6 nitrogen and oxygen atoms in total. The zero-order chi connectivity index (χ0) is 16.8. The fourth-order valence-corrected chi connectivity index (χ4v) is 1.86. The third kappa shape index (κ3) is 4.53. The minimum absolute atomic E-state index is 0.133. The molecule has 1 amide bonds. The van der Waals surface area contributed by atoms with Crippen molar-refractivity contribution in [2.24, 2.45) is 7.05 Å². The zero-order valence-corrected chi connectivity index (χ0v) is 12.5. The number of hydrogen-bond acceptors (Lipinski definition) is 4. The monoisotopic (exact) mass is 323 g/mol. The Morgan fingerprint density at radius 1 is 1.39 bits per heavy atom. The van der Waals surface area contributed by atoms with Crippen molar-refractivity contribution in [3.05, 3.63) is 42.1 Å². The number of aromatic nitrogens is 2. The number of nitrogens with one attached hydrogen (secondary N) is 1. The number of carbonyl (C=O) groups is 1. The summed E-state index contributed by atoms with van der Waals surface area (Å²) in [6.07, 6.45) is 4.23. The molecule has 0 bridgehead atoms. The lowest BCUT2D eigenvalue weighted by Gasteiger charge is -2.12. The number of rotatable bonds is 6. The van der Waals surface area contributed by atoms with E-state index in [4.69, 9.17) is 4.74 Å². The van der Waals surface area contributed by atoms with Gasteiger partial charge in [0.25, 0.3) is 0 Å². The highest BCUT2D eigenvalue weighted by atomic mass is 19.3. The number of methoxy groups -OCH3 is 1. The molecule has 0 aliphatic heterocycles. The van der Waals surface area contributed by atoms with Gasteiger partial charge < -0.3 is 14.8 Å². The number of ether oxygens (including phenoxy) is 2. The smallest absolute Gasteiger partial charge is 0.387 e. The summed E-state index contributed by atoms with van der Waals surface area (Å²) in [5.41, 5.74) is 0.292. The number of aryl methyl sites for hydroxylation is 1. The molecule has 23 heavy (non-hydrogen) atoms. The molecular weight excluding hydrogens is 308 g/mol. The molecule has 2 aromatic rings. The first-order chi connectivity index (χ1) is 11.0. The van der Waals surface area contributed by atoms with Gasteiger partial charge in [0.1, 0.15) is 0 Å². The maximum absolute atomic E-state index is 12.5. The molecule has 0 saturated heterocycles. The van der Waals surface area contributed by atoms with E-state index in [1.165, 1.54) is 36.1 Å². The Bertz CT molecular complexity index is 714. The summed E-state index contributed by atoms with van der Waals surface area (Å²) >= 11 is 0. The molecular formula is C15H15F2N3O3. The molecule has 8 heteroatoms. The Morgan fingerprint density at radius 2 is 2.17 bits per heavy atom. The molecule has 122 valence electrons. The quantitative estimate of drug-likeness (QED) is 0.830. The highest BCUT2D eigenvalue weighted by Gasteiger charge is 2.14. The summed E-state index contributed by atoms with van der Waals surface area (Å²) in [5, 5.41) is 6.54. The zero-order valence-electron chi connectivity index (χ0n) is 12.5. The van der Waals surface area contributed by atoms with Crippen LogP contribution in [-0.4, -0.2) is 29.4 Å². The van der Waals surface area contributed by atoms with Gasteiger partial charge in [0, 0.05) is 31.0 Å². The van der Waals surface area contributed by atoms with E-state index in [1.807, 2.05) is 0 Å². The SMILES string of the molecule is COc1cccc(/C=C/C(=O)Nc2ccn(C)n2)c1OC(F)F. The first kappa shape index (κ1) is 16.5. The topological polar surface area (TPSA) is 65.4 Å². The summed E-state index contributed by atoms with van der Waals surface area (Å²) in [6, 6.07) is 6.25. The van der Waals surface area contributed by atoms with E-state index in [0.717, 1.165) is 0 Å². The Labute approximate surface area is 131 Å². The van der Waals surface area contributed by atoms with Crippen molar-refractivity contribution in [1.29, 1.82) is 0 Å². The van der Waals surface area contributed by atoms with Crippen molar-refractivity contribution in [1.82, 2.24) is 9.78 Å². The van der Waals surface area contributed by atoms with Crippen LogP contribution in [0.2, 0.25) is 0 Å². The second kappa shape index (κ2) is 7.39. The summed E-state index contributed by atoms with van der Waals surface area (Å²) in [6.45, 7) is -3.00. The van der Waals surface area contributed by atoms with E-state index in [-0.39, 0.29) is 11.5 Å². The van der Waals surface area contributed by atoms with Gasteiger partial charge in [-0.3, -0.25) is 9.48 Å². The summed E-state index contributed by atoms with van der Waals surface area (Å²) in [5.74, 6) is -0.0455. The van der Waals surface area contributed by atoms with Gasteiger partial charge in [-0.25, -0.2) is 0 Å². The standard InChI is InChI=1S/C15H15F2N3O3/c1-20-9-8-12(19-20)18-13(21)7-6-10-4-3-5-11(22-2)14(10)23-15(16)17/h3-9,15H,1-2H3,(H,18,19,21)/b7-6+. The number of carbonyl (C=O) groups excluding carboxylic acids is 1. The summed E-state index contributed by atoms with van der Waals surface area (Å²) < 4.78 is 36.0.